The zero-order valence-electron chi connectivity index (χ0n) is 11.3. The first-order chi connectivity index (χ1) is 8.58. The molecule has 0 saturated heterocycles. The van der Waals surface area contributed by atoms with Crippen LogP contribution >= 0.6 is 0 Å². The molecule has 1 atom stereocenters. The summed E-state index contributed by atoms with van der Waals surface area (Å²) in [5, 5.41) is 2.76. The number of benzene rings is 1. The van der Waals surface area contributed by atoms with Crippen molar-refractivity contribution in [3.05, 3.63) is 42.0 Å². The summed E-state index contributed by atoms with van der Waals surface area (Å²) in [6.45, 7) is 9.95. The Morgan fingerprint density at radius 1 is 1.50 bits per heavy atom. The summed E-state index contributed by atoms with van der Waals surface area (Å²) in [6, 6.07) is 5.98. The van der Waals surface area contributed by atoms with Crippen LogP contribution in [0.25, 0.3) is 0 Å². The van der Waals surface area contributed by atoms with E-state index in [2.05, 4.69) is 11.9 Å². The van der Waals surface area contributed by atoms with Crippen LogP contribution in [0, 0.1) is 13.8 Å². The Morgan fingerprint density at radius 3 is 2.83 bits per heavy atom. The molecule has 1 rings (SSSR count). The quantitative estimate of drug-likeness (QED) is 0.785. The maximum absolute atomic E-state index is 11.8. The van der Waals surface area contributed by atoms with Gasteiger partial charge in [0, 0.05) is 6.54 Å². The molecule has 1 N–H and O–H groups in total. The van der Waals surface area contributed by atoms with Crippen LogP contribution in [0.4, 0.5) is 0 Å². The van der Waals surface area contributed by atoms with E-state index < -0.39 is 6.10 Å². The first-order valence-corrected chi connectivity index (χ1v) is 6.21. The molecule has 0 fully saturated rings. The summed E-state index contributed by atoms with van der Waals surface area (Å²) in [5.74, 6) is 0.675. The molecule has 0 heterocycles. The second kappa shape index (κ2) is 6.84. The van der Waals surface area contributed by atoms with Crippen LogP contribution in [0.1, 0.15) is 24.5 Å². The molecule has 0 aliphatic heterocycles. The van der Waals surface area contributed by atoms with Gasteiger partial charge in [0.2, 0.25) is 0 Å². The molecule has 0 aliphatic rings. The van der Waals surface area contributed by atoms with Crippen molar-refractivity contribution in [3.8, 4) is 5.75 Å². The predicted molar refractivity (Wildman–Crippen MR) is 73.8 cm³/mol. The number of rotatable bonds is 6. The monoisotopic (exact) mass is 247 g/mol. The average molecular weight is 247 g/mol. The molecular weight excluding hydrogens is 226 g/mol. The zero-order chi connectivity index (χ0) is 13.5. The van der Waals surface area contributed by atoms with Gasteiger partial charge in [-0.1, -0.05) is 25.1 Å². The molecule has 0 saturated carbocycles. The van der Waals surface area contributed by atoms with Gasteiger partial charge < -0.3 is 10.1 Å². The summed E-state index contributed by atoms with van der Waals surface area (Å²) < 4.78 is 5.79. The van der Waals surface area contributed by atoms with Crippen LogP contribution in [0.5, 0.6) is 5.75 Å². The van der Waals surface area contributed by atoms with Gasteiger partial charge in [-0.15, -0.1) is 6.58 Å². The Labute approximate surface area is 109 Å². The van der Waals surface area contributed by atoms with Gasteiger partial charge in [0.25, 0.3) is 5.91 Å². The molecule has 0 spiro atoms. The van der Waals surface area contributed by atoms with Crippen LogP contribution < -0.4 is 10.1 Å². The molecule has 18 heavy (non-hydrogen) atoms. The second-order valence-electron chi connectivity index (χ2n) is 4.32. The predicted octanol–water partition coefficient (Wildman–Crippen LogP) is 2.76. The van der Waals surface area contributed by atoms with Gasteiger partial charge in [-0.3, -0.25) is 4.79 Å². The van der Waals surface area contributed by atoms with E-state index in [1.807, 2.05) is 39.0 Å². The van der Waals surface area contributed by atoms with Crippen molar-refractivity contribution in [2.75, 3.05) is 6.54 Å². The first-order valence-electron chi connectivity index (χ1n) is 6.21. The van der Waals surface area contributed by atoms with Crippen molar-refractivity contribution in [3.63, 3.8) is 0 Å². The molecule has 1 amide bonds. The molecular formula is C15H21NO2. The molecule has 0 aliphatic carbocycles. The minimum Gasteiger partial charge on any atom is -0.480 e. The summed E-state index contributed by atoms with van der Waals surface area (Å²) in [6.07, 6.45) is 1.84. The van der Waals surface area contributed by atoms with Crippen LogP contribution in [0.3, 0.4) is 0 Å². The third kappa shape index (κ3) is 3.91. The third-order valence-corrected chi connectivity index (χ3v) is 2.70. The fourth-order valence-corrected chi connectivity index (χ4v) is 1.60. The normalized spacial score (nSPS) is 11.7. The van der Waals surface area contributed by atoms with E-state index in [9.17, 15) is 4.79 Å². The topological polar surface area (TPSA) is 38.3 Å². The van der Waals surface area contributed by atoms with Crippen molar-refractivity contribution in [2.45, 2.75) is 33.3 Å². The lowest BCUT2D eigenvalue weighted by molar-refractivity contribution is -0.127. The molecule has 0 aromatic heterocycles. The van der Waals surface area contributed by atoms with Crippen molar-refractivity contribution in [1.82, 2.24) is 5.32 Å². The smallest absolute Gasteiger partial charge is 0.261 e. The van der Waals surface area contributed by atoms with Crippen LogP contribution in [-0.2, 0) is 4.79 Å². The van der Waals surface area contributed by atoms with E-state index in [0.717, 1.165) is 16.9 Å². The number of nitrogens with one attached hydrogen (secondary N) is 1. The van der Waals surface area contributed by atoms with Gasteiger partial charge in [0.1, 0.15) is 5.75 Å². The van der Waals surface area contributed by atoms with Gasteiger partial charge in [0.05, 0.1) is 0 Å². The van der Waals surface area contributed by atoms with Crippen molar-refractivity contribution < 1.29 is 9.53 Å². The highest BCUT2D eigenvalue weighted by Gasteiger charge is 2.18. The van der Waals surface area contributed by atoms with E-state index in [4.69, 9.17) is 4.74 Å². The second-order valence-corrected chi connectivity index (χ2v) is 4.32. The van der Waals surface area contributed by atoms with Crippen molar-refractivity contribution in [2.24, 2.45) is 0 Å². The summed E-state index contributed by atoms with van der Waals surface area (Å²) >= 11 is 0. The minimum atomic E-state index is -0.453. The number of carbonyl (C=O) groups excluding carboxylic acids is 1. The van der Waals surface area contributed by atoms with E-state index in [1.165, 1.54) is 0 Å². The number of aryl methyl sites for hydroxylation is 2. The maximum atomic E-state index is 11.8. The summed E-state index contributed by atoms with van der Waals surface area (Å²) in [7, 11) is 0. The summed E-state index contributed by atoms with van der Waals surface area (Å²) in [5.41, 5.74) is 2.16. The Kier molecular flexibility index (Phi) is 5.43. The van der Waals surface area contributed by atoms with Crippen molar-refractivity contribution in [1.29, 1.82) is 0 Å². The zero-order valence-corrected chi connectivity index (χ0v) is 11.3. The van der Waals surface area contributed by atoms with Gasteiger partial charge >= 0.3 is 0 Å². The third-order valence-electron chi connectivity index (χ3n) is 2.70. The molecule has 0 bridgehead atoms. The number of amides is 1. The Hall–Kier alpha value is -1.77. The SMILES string of the molecule is C=CCNC(=O)C(CC)Oc1cc(C)ccc1C. The minimum absolute atomic E-state index is 0.0988. The molecule has 0 radical (unpaired) electrons. The molecule has 3 nitrogen and oxygen atoms in total. The first kappa shape index (κ1) is 14.3. The molecule has 1 unspecified atom stereocenters. The standard InChI is InChI=1S/C15H21NO2/c1-5-9-16-15(17)13(6-2)18-14-10-11(3)7-8-12(14)4/h5,7-8,10,13H,1,6,9H2,2-4H3,(H,16,17). The lowest BCUT2D eigenvalue weighted by Gasteiger charge is -2.18. The lowest BCUT2D eigenvalue weighted by Crippen LogP contribution is -2.38. The number of hydrogen-bond acceptors (Lipinski definition) is 2. The van der Waals surface area contributed by atoms with Crippen molar-refractivity contribution >= 4 is 5.91 Å². The van der Waals surface area contributed by atoms with Crippen LogP contribution in [0.2, 0.25) is 0 Å². The number of hydrogen-bond donors (Lipinski definition) is 1. The van der Waals surface area contributed by atoms with E-state index in [1.54, 1.807) is 6.08 Å². The van der Waals surface area contributed by atoms with Gasteiger partial charge in [-0.25, -0.2) is 0 Å². The Morgan fingerprint density at radius 2 is 2.22 bits per heavy atom. The van der Waals surface area contributed by atoms with Gasteiger partial charge in [0.15, 0.2) is 6.10 Å². The highest BCUT2D eigenvalue weighted by atomic mass is 16.5. The van der Waals surface area contributed by atoms with Gasteiger partial charge in [-0.05, 0) is 37.5 Å². The fraction of sp³-hybridized carbons (Fsp3) is 0.400. The van der Waals surface area contributed by atoms with Crippen LogP contribution in [-0.4, -0.2) is 18.6 Å². The highest BCUT2D eigenvalue weighted by molar-refractivity contribution is 5.81. The van der Waals surface area contributed by atoms with E-state index in [0.29, 0.717) is 13.0 Å². The number of ether oxygens (including phenoxy) is 1. The molecule has 1 aromatic rings. The Bertz CT molecular complexity index is 427. The fourth-order valence-electron chi connectivity index (χ4n) is 1.60. The van der Waals surface area contributed by atoms with E-state index in [-0.39, 0.29) is 5.91 Å². The summed E-state index contributed by atoms with van der Waals surface area (Å²) in [4.78, 5) is 11.8. The van der Waals surface area contributed by atoms with Crippen LogP contribution in [0.15, 0.2) is 30.9 Å². The molecule has 98 valence electrons. The molecule has 3 heteroatoms. The molecule has 1 aromatic carbocycles. The largest absolute Gasteiger partial charge is 0.480 e. The van der Waals surface area contributed by atoms with E-state index >= 15 is 0 Å². The lowest BCUT2D eigenvalue weighted by atomic mass is 10.1. The van der Waals surface area contributed by atoms with Gasteiger partial charge in [-0.2, -0.15) is 0 Å². The Balaban J connectivity index is 2.75. The average Bonchev–Trinajstić information content (AvgIpc) is 2.36. The highest BCUT2D eigenvalue weighted by Crippen LogP contribution is 2.21. The maximum Gasteiger partial charge on any atom is 0.261 e. The number of carbonyl (C=O) groups is 1.